The maximum atomic E-state index is 13.0. The molecular formula is C15H13F2NO2. The molecule has 0 fully saturated rings. The molecule has 3 nitrogen and oxygen atoms in total. The first-order valence-corrected chi connectivity index (χ1v) is 5.97. The van der Waals surface area contributed by atoms with Gasteiger partial charge in [0.1, 0.15) is 5.76 Å². The Morgan fingerprint density at radius 1 is 1.20 bits per heavy atom. The second-order valence-corrected chi connectivity index (χ2v) is 4.36. The molecule has 0 atom stereocenters. The summed E-state index contributed by atoms with van der Waals surface area (Å²) in [7, 11) is 0. The Bertz CT molecular complexity index is 674. The lowest BCUT2D eigenvalue weighted by Gasteiger charge is -2.06. The van der Waals surface area contributed by atoms with Crippen molar-refractivity contribution >= 4 is 11.5 Å². The van der Waals surface area contributed by atoms with Crippen LogP contribution in [-0.4, -0.2) is 5.78 Å². The first kappa shape index (κ1) is 14.0. The maximum Gasteiger partial charge on any atom is 0.222 e. The predicted molar refractivity (Wildman–Crippen MR) is 71.5 cm³/mol. The van der Waals surface area contributed by atoms with Gasteiger partial charge >= 0.3 is 0 Å². The van der Waals surface area contributed by atoms with E-state index in [-0.39, 0.29) is 11.5 Å². The summed E-state index contributed by atoms with van der Waals surface area (Å²) in [6, 6.07) is 6.70. The van der Waals surface area contributed by atoms with Crippen LogP contribution in [0.2, 0.25) is 0 Å². The number of rotatable bonds is 4. The van der Waals surface area contributed by atoms with Crippen molar-refractivity contribution in [3.05, 3.63) is 65.3 Å². The number of hydrogen-bond donors (Lipinski definition) is 1. The smallest absolute Gasteiger partial charge is 0.222 e. The molecule has 5 heteroatoms. The van der Waals surface area contributed by atoms with E-state index in [1.54, 1.807) is 26.0 Å². The zero-order chi connectivity index (χ0) is 14.7. The summed E-state index contributed by atoms with van der Waals surface area (Å²) in [4.78, 5) is 11.8. The highest BCUT2D eigenvalue weighted by Gasteiger charge is 2.08. The number of carbonyl (C=O) groups is 1. The Morgan fingerprint density at radius 3 is 2.55 bits per heavy atom. The minimum absolute atomic E-state index is 0.230. The van der Waals surface area contributed by atoms with Gasteiger partial charge in [0.25, 0.3) is 0 Å². The zero-order valence-corrected chi connectivity index (χ0v) is 11.0. The molecule has 1 N–H and O–H groups in total. The van der Waals surface area contributed by atoms with Crippen molar-refractivity contribution in [3.63, 3.8) is 0 Å². The minimum atomic E-state index is -0.948. The fourth-order valence-electron chi connectivity index (χ4n) is 1.67. The second kappa shape index (κ2) is 5.69. The Hall–Kier alpha value is -2.43. The molecule has 0 aliphatic heterocycles. The molecule has 1 heterocycles. The van der Waals surface area contributed by atoms with Gasteiger partial charge in [-0.1, -0.05) is 0 Å². The zero-order valence-electron chi connectivity index (χ0n) is 11.0. The summed E-state index contributed by atoms with van der Waals surface area (Å²) >= 11 is 0. The van der Waals surface area contributed by atoms with Crippen molar-refractivity contribution in [3.8, 4) is 0 Å². The quantitative estimate of drug-likeness (QED) is 0.676. The number of anilines is 1. The minimum Gasteiger partial charge on any atom is -0.458 e. The lowest BCUT2D eigenvalue weighted by Crippen LogP contribution is -2.01. The van der Waals surface area contributed by atoms with Crippen LogP contribution in [-0.2, 0) is 0 Å². The van der Waals surface area contributed by atoms with Gasteiger partial charge in [0.05, 0.1) is 0 Å². The van der Waals surface area contributed by atoms with Crippen molar-refractivity contribution in [1.29, 1.82) is 0 Å². The van der Waals surface area contributed by atoms with Crippen LogP contribution in [0.1, 0.15) is 23.2 Å². The predicted octanol–water partition coefficient (Wildman–Crippen LogP) is 4.06. The van der Waals surface area contributed by atoms with E-state index in [0.717, 1.165) is 12.1 Å². The summed E-state index contributed by atoms with van der Waals surface area (Å²) in [6.45, 7) is 3.39. The number of allylic oxidation sites excluding steroid dienone is 2. The van der Waals surface area contributed by atoms with Crippen molar-refractivity contribution in [1.82, 2.24) is 0 Å². The first-order valence-electron chi connectivity index (χ1n) is 5.97. The number of benzene rings is 1. The first-order chi connectivity index (χ1) is 9.45. The maximum absolute atomic E-state index is 13.0. The molecule has 2 rings (SSSR count). The molecule has 0 amide bonds. The van der Waals surface area contributed by atoms with Crippen molar-refractivity contribution in [2.45, 2.75) is 13.8 Å². The largest absolute Gasteiger partial charge is 0.458 e. The van der Waals surface area contributed by atoms with Crippen LogP contribution in [0.5, 0.6) is 0 Å². The fraction of sp³-hybridized carbons (Fsp3) is 0.133. The van der Waals surface area contributed by atoms with Gasteiger partial charge in [-0.25, -0.2) is 8.78 Å². The average molecular weight is 277 g/mol. The molecule has 0 aliphatic rings. The lowest BCUT2D eigenvalue weighted by atomic mass is 10.2. The van der Waals surface area contributed by atoms with Gasteiger partial charge in [-0.3, -0.25) is 4.79 Å². The molecule has 1 aromatic heterocycles. The number of furan rings is 1. The summed E-state index contributed by atoms with van der Waals surface area (Å²) in [6.07, 6.45) is 1.33. The molecule has 0 radical (unpaired) electrons. The highest BCUT2D eigenvalue weighted by Crippen LogP contribution is 2.15. The van der Waals surface area contributed by atoms with Gasteiger partial charge in [-0.05, 0) is 38.1 Å². The van der Waals surface area contributed by atoms with Crippen LogP contribution in [0.25, 0.3) is 0 Å². The third-order valence-electron chi connectivity index (χ3n) is 2.59. The van der Waals surface area contributed by atoms with Crippen LogP contribution in [0, 0.1) is 18.6 Å². The van der Waals surface area contributed by atoms with Crippen molar-refractivity contribution < 1.29 is 18.0 Å². The molecule has 0 saturated carbocycles. The van der Waals surface area contributed by atoms with Crippen LogP contribution in [0.15, 0.2) is 46.5 Å². The van der Waals surface area contributed by atoms with Crippen LogP contribution in [0.3, 0.4) is 0 Å². The highest BCUT2D eigenvalue weighted by atomic mass is 19.2. The molecule has 0 bridgehead atoms. The van der Waals surface area contributed by atoms with Gasteiger partial charge in [-0.2, -0.15) is 0 Å². The summed E-state index contributed by atoms with van der Waals surface area (Å²) in [5.74, 6) is -1.29. The molecule has 20 heavy (non-hydrogen) atoms. The van der Waals surface area contributed by atoms with E-state index >= 15 is 0 Å². The lowest BCUT2D eigenvalue weighted by molar-refractivity contribution is 0.102. The number of ketones is 1. The standard InChI is InChI=1S/C15H13F2NO2/c1-9(7-14(19)15-6-3-10(2)20-15)18-11-4-5-12(16)13(17)8-11/h3-8,18H,1-2H3/b9-7+. The van der Waals surface area contributed by atoms with E-state index in [4.69, 9.17) is 4.42 Å². The third kappa shape index (κ3) is 3.32. The van der Waals surface area contributed by atoms with E-state index in [9.17, 15) is 13.6 Å². The molecular weight excluding hydrogens is 264 g/mol. The SMILES string of the molecule is C/C(=C\C(=O)c1ccc(C)o1)Nc1ccc(F)c(F)c1. The summed E-state index contributed by atoms with van der Waals surface area (Å²) < 4.78 is 31.0. The Balaban J connectivity index is 2.10. The van der Waals surface area contributed by atoms with Gasteiger partial charge in [0.2, 0.25) is 5.78 Å². The Kier molecular flexibility index (Phi) is 3.98. The van der Waals surface area contributed by atoms with E-state index in [1.807, 2.05) is 0 Å². The molecule has 0 unspecified atom stereocenters. The van der Waals surface area contributed by atoms with Gasteiger partial charge in [0.15, 0.2) is 17.4 Å². The average Bonchev–Trinajstić information content (AvgIpc) is 2.80. The summed E-state index contributed by atoms with van der Waals surface area (Å²) in [5, 5.41) is 2.81. The Labute approximate surface area is 114 Å². The van der Waals surface area contributed by atoms with Crippen molar-refractivity contribution in [2.75, 3.05) is 5.32 Å². The number of hydrogen-bond acceptors (Lipinski definition) is 3. The molecule has 0 aliphatic carbocycles. The number of halogens is 2. The third-order valence-corrected chi connectivity index (χ3v) is 2.59. The second-order valence-electron chi connectivity index (χ2n) is 4.36. The monoisotopic (exact) mass is 277 g/mol. The van der Waals surface area contributed by atoms with Crippen LogP contribution >= 0.6 is 0 Å². The highest BCUT2D eigenvalue weighted by molar-refractivity contribution is 6.03. The molecule has 104 valence electrons. The van der Waals surface area contributed by atoms with E-state index in [1.165, 1.54) is 12.1 Å². The topological polar surface area (TPSA) is 42.2 Å². The van der Waals surface area contributed by atoms with E-state index in [2.05, 4.69) is 5.32 Å². The fourth-order valence-corrected chi connectivity index (χ4v) is 1.67. The normalized spacial score (nSPS) is 11.5. The summed E-state index contributed by atoms with van der Waals surface area (Å²) in [5.41, 5.74) is 0.858. The van der Waals surface area contributed by atoms with Gasteiger partial charge in [-0.15, -0.1) is 0 Å². The molecule has 0 saturated heterocycles. The molecule has 0 spiro atoms. The van der Waals surface area contributed by atoms with E-state index < -0.39 is 11.6 Å². The number of nitrogens with one attached hydrogen (secondary N) is 1. The van der Waals surface area contributed by atoms with Gasteiger partial charge in [0, 0.05) is 23.5 Å². The van der Waals surface area contributed by atoms with Crippen LogP contribution < -0.4 is 5.32 Å². The number of carbonyl (C=O) groups excluding carboxylic acids is 1. The molecule has 1 aromatic carbocycles. The van der Waals surface area contributed by atoms with Gasteiger partial charge < -0.3 is 9.73 Å². The van der Waals surface area contributed by atoms with Crippen molar-refractivity contribution in [2.24, 2.45) is 0 Å². The molecule has 2 aromatic rings. The van der Waals surface area contributed by atoms with E-state index in [0.29, 0.717) is 17.1 Å². The number of aryl methyl sites for hydroxylation is 1. The van der Waals surface area contributed by atoms with Crippen LogP contribution in [0.4, 0.5) is 14.5 Å². The Morgan fingerprint density at radius 2 is 1.95 bits per heavy atom.